The van der Waals surface area contributed by atoms with Crippen molar-refractivity contribution in [1.82, 2.24) is 0 Å². The first kappa shape index (κ1) is 22.4. The van der Waals surface area contributed by atoms with Gasteiger partial charge in [-0.05, 0) is 17.7 Å². The van der Waals surface area contributed by atoms with Gasteiger partial charge in [0.05, 0.1) is 52.7 Å². The Hall–Kier alpha value is -3.27. The standard InChI is InChI=1S/C21H23F2NO7/c1-27-15-6-5-11(7-14(15)25)18-13(10-31-21(22)23)20(26)24(18)12-8-16(28-2)19(30-4)17(9-12)29-3/h5-9,13,18,21,25H,10H2,1-4H3/t13-,18-/m0/s1. The van der Waals surface area contributed by atoms with Gasteiger partial charge in [0.25, 0.3) is 0 Å². The highest BCUT2D eigenvalue weighted by atomic mass is 19.3. The first-order valence-corrected chi connectivity index (χ1v) is 9.26. The van der Waals surface area contributed by atoms with Crippen LogP contribution >= 0.6 is 0 Å². The molecule has 1 aliphatic rings. The molecular weight excluding hydrogens is 416 g/mol. The predicted octanol–water partition coefficient (Wildman–Crippen LogP) is 3.37. The molecule has 8 nitrogen and oxygen atoms in total. The van der Waals surface area contributed by atoms with Gasteiger partial charge in [0.1, 0.15) is 0 Å². The van der Waals surface area contributed by atoms with Crippen molar-refractivity contribution in [3.63, 3.8) is 0 Å². The molecule has 0 saturated carbocycles. The number of methoxy groups -OCH3 is 4. The summed E-state index contributed by atoms with van der Waals surface area (Å²) in [6, 6.07) is 7.10. The van der Waals surface area contributed by atoms with Crippen molar-refractivity contribution in [2.45, 2.75) is 12.7 Å². The van der Waals surface area contributed by atoms with E-state index in [1.165, 1.54) is 45.5 Å². The monoisotopic (exact) mass is 439 g/mol. The van der Waals surface area contributed by atoms with Gasteiger partial charge >= 0.3 is 6.61 Å². The summed E-state index contributed by atoms with van der Waals surface area (Å²) in [5, 5.41) is 10.2. The van der Waals surface area contributed by atoms with Gasteiger partial charge in [0.2, 0.25) is 11.7 Å². The molecule has 31 heavy (non-hydrogen) atoms. The van der Waals surface area contributed by atoms with Crippen molar-refractivity contribution in [3.05, 3.63) is 35.9 Å². The maximum absolute atomic E-state index is 12.9. The number of alkyl halides is 2. The summed E-state index contributed by atoms with van der Waals surface area (Å²) in [5.74, 6) is -0.192. The van der Waals surface area contributed by atoms with Crippen LogP contribution < -0.4 is 23.8 Å². The lowest BCUT2D eigenvalue weighted by Gasteiger charge is -2.47. The zero-order valence-electron chi connectivity index (χ0n) is 17.4. The van der Waals surface area contributed by atoms with Gasteiger partial charge in [-0.1, -0.05) is 6.07 Å². The normalized spacial score (nSPS) is 18.0. The zero-order valence-corrected chi connectivity index (χ0v) is 17.4. The molecular formula is C21H23F2NO7. The first-order valence-electron chi connectivity index (χ1n) is 9.26. The van der Waals surface area contributed by atoms with Crippen molar-refractivity contribution in [1.29, 1.82) is 0 Å². The Balaban J connectivity index is 2.05. The first-order chi connectivity index (χ1) is 14.9. The van der Waals surface area contributed by atoms with Gasteiger partial charge in [0.15, 0.2) is 23.0 Å². The van der Waals surface area contributed by atoms with Crippen LogP contribution in [0.15, 0.2) is 30.3 Å². The molecule has 2 aromatic rings. The fraction of sp³-hybridized carbons (Fsp3) is 0.381. The van der Waals surface area contributed by atoms with Crippen molar-refractivity contribution in [3.8, 4) is 28.7 Å². The van der Waals surface area contributed by atoms with Crippen LogP contribution in [0.2, 0.25) is 0 Å². The third-order valence-electron chi connectivity index (χ3n) is 5.09. The lowest BCUT2D eigenvalue weighted by atomic mass is 9.82. The lowest BCUT2D eigenvalue weighted by molar-refractivity contribution is -0.156. The van der Waals surface area contributed by atoms with Gasteiger partial charge in [0, 0.05) is 12.1 Å². The number of hydrogen-bond donors (Lipinski definition) is 1. The minimum atomic E-state index is -3.01. The SMILES string of the molecule is COc1ccc([C@H]2[C@H](COC(F)F)C(=O)N2c2cc(OC)c(OC)c(OC)c2)cc1O. The van der Waals surface area contributed by atoms with Gasteiger partial charge < -0.3 is 33.7 Å². The predicted molar refractivity (Wildman–Crippen MR) is 106 cm³/mol. The number of phenols is 1. The smallest absolute Gasteiger partial charge is 0.345 e. The number of amides is 1. The molecule has 10 heteroatoms. The summed E-state index contributed by atoms with van der Waals surface area (Å²) in [4.78, 5) is 14.3. The lowest BCUT2D eigenvalue weighted by Crippen LogP contribution is -2.57. The fourth-order valence-corrected chi connectivity index (χ4v) is 3.65. The van der Waals surface area contributed by atoms with E-state index in [1.807, 2.05) is 0 Å². The van der Waals surface area contributed by atoms with E-state index < -0.39 is 31.1 Å². The topological polar surface area (TPSA) is 86.7 Å². The second kappa shape index (κ2) is 9.25. The van der Waals surface area contributed by atoms with Crippen LogP contribution in [0.5, 0.6) is 28.7 Å². The molecule has 0 aliphatic carbocycles. The quantitative estimate of drug-likeness (QED) is 0.600. The molecule has 1 saturated heterocycles. The number of hydrogen-bond acceptors (Lipinski definition) is 7. The van der Waals surface area contributed by atoms with Crippen LogP contribution in [0.25, 0.3) is 0 Å². The van der Waals surface area contributed by atoms with Crippen LogP contribution in [0.4, 0.5) is 14.5 Å². The molecule has 1 heterocycles. The molecule has 168 valence electrons. The van der Waals surface area contributed by atoms with Crippen molar-refractivity contribution < 1.29 is 42.4 Å². The van der Waals surface area contributed by atoms with Gasteiger partial charge in [-0.15, -0.1) is 0 Å². The average molecular weight is 439 g/mol. The number of β-lactam (4-membered cyclic amide) rings is 1. The van der Waals surface area contributed by atoms with E-state index in [-0.39, 0.29) is 11.5 Å². The van der Waals surface area contributed by atoms with Gasteiger partial charge in [-0.25, -0.2) is 0 Å². The Labute approximate surface area is 177 Å². The van der Waals surface area contributed by atoms with E-state index in [9.17, 15) is 18.7 Å². The Morgan fingerprint density at radius 2 is 1.58 bits per heavy atom. The third-order valence-corrected chi connectivity index (χ3v) is 5.09. The van der Waals surface area contributed by atoms with Crippen LogP contribution in [0.3, 0.4) is 0 Å². The highest BCUT2D eigenvalue weighted by Crippen LogP contribution is 2.49. The summed E-state index contributed by atoms with van der Waals surface area (Å²) in [6.45, 7) is -3.48. The zero-order chi connectivity index (χ0) is 22.7. The highest BCUT2D eigenvalue weighted by Gasteiger charge is 2.50. The van der Waals surface area contributed by atoms with Crippen molar-refractivity contribution in [2.24, 2.45) is 5.92 Å². The summed E-state index contributed by atoms with van der Waals surface area (Å²) in [7, 11) is 5.74. The van der Waals surface area contributed by atoms with Crippen molar-refractivity contribution in [2.75, 3.05) is 39.9 Å². The molecule has 2 aromatic carbocycles. The molecule has 0 aromatic heterocycles. The number of benzene rings is 2. The molecule has 0 bridgehead atoms. The average Bonchev–Trinajstić information content (AvgIpc) is 2.76. The van der Waals surface area contributed by atoms with E-state index >= 15 is 0 Å². The Morgan fingerprint density at radius 1 is 0.968 bits per heavy atom. The van der Waals surface area contributed by atoms with Crippen LogP contribution in [-0.2, 0) is 9.53 Å². The summed E-state index contributed by atoms with van der Waals surface area (Å²) in [5.41, 5.74) is 0.933. The third kappa shape index (κ3) is 4.15. The van der Waals surface area contributed by atoms with Crippen molar-refractivity contribution >= 4 is 11.6 Å². The van der Waals surface area contributed by atoms with E-state index in [2.05, 4.69) is 4.74 Å². The molecule has 0 radical (unpaired) electrons. The molecule has 2 atom stereocenters. The second-order valence-electron chi connectivity index (χ2n) is 6.67. The number of carbonyl (C=O) groups is 1. The van der Waals surface area contributed by atoms with E-state index in [1.54, 1.807) is 18.2 Å². The largest absolute Gasteiger partial charge is 0.504 e. The number of nitrogens with zero attached hydrogens (tertiary/aromatic N) is 1. The van der Waals surface area contributed by atoms with Crippen LogP contribution in [0.1, 0.15) is 11.6 Å². The van der Waals surface area contributed by atoms with Gasteiger partial charge in [-0.2, -0.15) is 8.78 Å². The molecule has 1 aliphatic heterocycles. The number of ether oxygens (including phenoxy) is 5. The number of anilines is 1. The van der Waals surface area contributed by atoms with Crippen LogP contribution in [0, 0.1) is 5.92 Å². The Morgan fingerprint density at radius 3 is 2.06 bits per heavy atom. The second-order valence-corrected chi connectivity index (χ2v) is 6.67. The van der Waals surface area contributed by atoms with E-state index in [0.29, 0.717) is 28.5 Å². The summed E-state index contributed by atoms with van der Waals surface area (Å²) < 4.78 is 50.7. The number of rotatable bonds is 9. The van der Waals surface area contributed by atoms with Crippen LogP contribution in [-0.4, -0.2) is 52.7 Å². The Bertz CT molecular complexity index is 928. The maximum Gasteiger partial charge on any atom is 0.345 e. The van der Waals surface area contributed by atoms with E-state index in [4.69, 9.17) is 18.9 Å². The fourth-order valence-electron chi connectivity index (χ4n) is 3.65. The maximum atomic E-state index is 12.9. The highest BCUT2D eigenvalue weighted by molar-refractivity contribution is 6.04. The molecule has 0 spiro atoms. The minimum absolute atomic E-state index is 0.141. The summed E-state index contributed by atoms with van der Waals surface area (Å²) >= 11 is 0. The number of phenolic OH excluding ortho intramolecular Hbond substituents is 1. The molecule has 0 unspecified atom stereocenters. The Kier molecular flexibility index (Phi) is 6.69. The van der Waals surface area contributed by atoms with E-state index in [0.717, 1.165) is 0 Å². The number of aromatic hydroxyl groups is 1. The minimum Gasteiger partial charge on any atom is -0.504 e. The number of halogens is 2. The molecule has 1 fully saturated rings. The molecule has 1 amide bonds. The molecule has 3 rings (SSSR count). The summed E-state index contributed by atoms with van der Waals surface area (Å²) in [6.07, 6.45) is 0. The molecule has 1 N–H and O–H groups in total. The number of carbonyl (C=O) groups excluding carboxylic acids is 1. The van der Waals surface area contributed by atoms with Gasteiger partial charge in [-0.3, -0.25) is 4.79 Å².